The first-order valence-corrected chi connectivity index (χ1v) is 6.90. The maximum atomic E-state index is 5.84. The predicted molar refractivity (Wildman–Crippen MR) is 71.8 cm³/mol. The average molecular weight is 229 g/mol. The van der Waals surface area contributed by atoms with E-state index in [1.165, 1.54) is 25.7 Å². The molecule has 0 aliphatic heterocycles. The second-order valence-corrected chi connectivity index (χ2v) is 5.09. The average Bonchev–Trinajstić information content (AvgIpc) is 2.28. The lowest BCUT2D eigenvalue weighted by atomic mass is 10.0. The summed E-state index contributed by atoms with van der Waals surface area (Å²) in [6, 6.07) is 0.490. The third-order valence-corrected chi connectivity index (χ3v) is 3.37. The molecule has 0 fully saturated rings. The summed E-state index contributed by atoms with van der Waals surface area (Å²) in [5.41, 5.74) is 0. The van der Waals surface area contributed by atoms with E-state index < -0.39 is 0 Å². The summed E-state index contributed by atoms with van der Waals surface area (Å²) in [6.07, 6.45) is 5.19. The maximum Gasteiger partial charge on any atom is 0.0622 e. The molecule has 2 atom stereocenters. The monoisotopic (exact) mass is 229 g/mol. The molecule has 0 aliphatic carbocycles. The van der Waals surface area contributed by atoms with Gasteiger partial charge in [0.05, 0.1) is 6.61 Å². The van der Waals surface area contributed by atoms with Crippen LogP contribution in [0.5, 0.6) is 0 Å². The molecule has 0 bridgehead atoms. The molecule has 0 rings (SSSR count). The Labute approximate surface area is 102 Å². The highest BCUT2D eigenvalue weighted by Crippen LogP contribution is 2.13. The maximum absolute atomic E-state index is 5.84. The van der Waals surface area contributed by atoms with Gasteiger partial charge in [-0.1, -0.05) is 47.0 Å². The van der Waals surface area contributed by atoms with Crippen molar-refractivity contribution in [2.45, 2.75) is 59.4 Å². The minimum absolute atomic E-state index is 0.490. The summed E-state index contributed by atoms with van der Waals surface area (Å²) in [5.74, 6) is 1.39. The summed E-state index contributed by atoms with van der Waals surface area (Å²) >= 11 is 0. The van der Waals surface area contributed by atoms with Gasteiger partial charge in [-0.25, -0.2) is 0 Å². The zero-order chi connectivity index (χ0) is 12.4. The predicted octanol–water partition coefficient (Wildman–Crippen LogP) is 3.46. The molecule has 98 valence electrons. The normalized spacial score (nSPS) is 15.4. The summed E-state index contributed by atoms with van der Waals surface area (Å²) in [4.78, 5) is 0. The Morgan fingerprint density at radius 3 is 2.25 bits per heavy atom. The van der Waals surface area contributed by atoms with E-state index >= 15 is 0 Å². The van der Waals surface area contributed by atoms with Gasteiger partial charge in [0.2, 0.25) is 0 Å². The fourth-order valence-corrected chi connectivity index (χ4v) is 1.87. The van der Waals surface area contributed by atoms with Crippen LogP contribution in [0.15, 0.2) is 0 Å². The van der Waals surface area contributed by atoms with Gasteiger partial charge in [-0.2, -0.15) is 0 Å². The molecule has 0 spiro atoms. The van der Waals surface area contributed by atoms with Crippen LogP contribution in [0.3, 0.4) is 0 Å². The number of hydrogen-bond donors (Lipinski definition) is 1. The summed E-state index contributed by atoms with van der Waals surface area (Å²) in [7, 11) is 2.02. The van der Waals surface area contributed by atoms with Gasteiger partial charge in [-0.3, -0.25) is 0 Å². The number of unbranched alkanes of at least 4 members (excludes halogenated alkanes) is 1. The third-order valence-electron chi connectivity index (χ3n) is 3.37. The van der Waals surface area contributed by atoms with Crippen molar-refractivity contribution in [3.8, 4) is 0 Å². The van der Waals surface area contributed by atoms with E-state index in [1.807, 2.05) is 7.05 Å². The third kappa shape index (κ3) is 7.24. The fourth-order valence-electron chi connectivity index (χ4n) is 1.87. The fraction of sp³-hybridized carbons (Fsp3) is 1.00. The standard InChI is InChI=1S/C14H31NO/c1-6-8-9-13(7-2)10-16-11-14(15-5)12(3)4/h12-15H,6-11H2,1-5H3. The molecule has 0 radical (unpaired) electrons. The van der Waals surface area contributed by atoms with Gasteiger partial charge in [0.15, 0.2) is 0 Å². The van der Waals surface area contributed by atoms with E-state index in [1.54, 1.807) is 0 Å². The van der Waals surface area contributed by atoms with Gasteiger partial charge in [0.1, 0.15) is 0 Å². The van der Waals surface area contributed by atoms with Gasteiger partial charge < -0.3 is 10.1 Å². The topological polar surface area (TPSA) is 21.3 Å². The second-order valence-electron chi connectivity index (χ2n) is 5.09. The van der Waals surface area contributed by atoms with Crippen molar-refractivity contribution >= 4 is 0 Å². The van der Waals surface area contributed by atoms with Gasteiger partial charge >= 0.3 is 0 Å². The molecular weight excluding hydrogens is 198 g/mol. The molecule has 0 aliphatic rings. The van der Waals surface area contributed by atoms with Crippen LogP contribution in [-0.2, 0) is 4.74 Å². The Hall–Kier alpha value is -0.0800. The van der Waals surface area contributed by atoms with Crippen LogP contribution in [0.2, 0.25) is 0 Å². The van der Waals surface area contributed by atoms with Crippen LogP contribution in [-0.4, -0.2) is 26.3 Å². The lowest BCUT2D eigenvalue weighted by Crippen LogP contribution is -2.35. The Balaban J connectivity index is 3.67. The second kappa shape index (κ2) is 10.1. The van der Waals surface area contributed by atoms with Crippen LogP contribution in [0, 0.1) is 11.8 Å². The lowest BCUT2D eigenvalue weighted by Gasteiger charge is -2.22. The number of ether oxygens (including phenoxy) is 1. The minimum Gasteiger partial charge on any atom is -0.380 e. The van der Waals surface area contributed by atoms with E-state index in [2.05, 4.69) is 33.0 Å². The summed E-state index contributed by atoms with van der Waals surface area (Å²) in [6.45, 7) is 10.8. The lowest BCUT2D eigenvalue weighted by molar-refractivity contribution is 0.0689. The van der Waals surface area contributed by atoms with Gasteiger partial charge in [0.25, 0.3) is 0 Å². The highest BCUT2D eigenvalue weighted by Gasteiger charge is 2.12. The van der Waals surface area contributed by atoms with Crippen molar-refractivity contribution in [1.82, 2.24) is 5.32 Å². The number of nitrogens with one attached hydrogen (secondary N) is 1. The van der Waals surface area contributed by atoms with Crippen LogP contribution in [0.1, 0.15) is 53.4 Å². The minimum atomic E-state index is 0.490. The first-order chi connectivity index (χ1) is 7.65. The molecule has 2 nitrogen and oxygen atoms in total. The van der Waals surface area contributed by atoms with E-state index in [0.29, 0.717) is 12.0 Å². The molecule has 1 N–H and O–H groups in total. The van der Waals surface area contributed by atoms with E-state index in [0.717, 1.165) is 19.1 Å². The van der Waals surface area contributed by atoms with Crippen molar-refractivity contribution < 1.29 is 4.74 Å². The zero-order valence-electron chi connectivity index (χ0n) is 11.9. The number of rotatable bonds is 10. The summed E-state index contributed by atoms with van der Waals surface area (Å²) in [5, 5.41) is 3.31. The smallest absolute Gasteiger partial charge is 0.0622 e. The quantitative estimate of drug-likeness (QED) is 0.619. The molecule has 16 heavy (non-hydrogen) atoms. The van der Waals surface area contributed by atoms with Crippen LogP contribution in [0.25, 0.3) is 0 Å². The van der Waals surface area contributed by atoms with Crippen molar-refractivity contribution in [2.24, 2.45) is 11.8 Å². The number of likely N-dealkylation sites (N-methyl/N-ethyl adjacent to an activating group) is 1. The van der Waals surface area contributed by atoms with Crippen LogP contribution < -0.4 is 5.32 Å². The molecule has 0 saturated heterocycles. The highest BCUT2D eigenvalue weighted by molar-refractivity contribution is 4.67. The van der Waals surface area contributed by atoms with Gasteiger partial charge in [-0.05, 0) is 25.3 Å². The molecule has 0 amide bonds. The first kappa shape index (κ1) is 15.9. The number of hydrogen-bond acceptors (Lipinski definition) is 2. The van der Waals surface area contributed by atoms with Crippen molar-refractivity contribution in [1.29, 1.82) is 0 Å². The Bertz CT molecular complexity index is 148. The highest BCUT2D eigenvalue weighted by atomic mass is 16.5. The molecule has 0 heterocycles. The molecule has 0 saturated carbocycles. The molecular formula is C14H31NO. The SMILES string of the molecule is CCCCC(CC)COCC(NC)C(C)C. The Kier molecular flexibility index (Phi) is 10.0. The Morgan fingerprint density at radius 1 is 1.12 bits per heavy atom. The van der Waals surface area contributed by atoms with Crippen LogP contribution in [0.4, 0.5) is 0 Å². The van der Waals surface area contributed by atoms with Crippen molar-refractivity contribution in [2.75, 3.05) is 20.3 Å². The molecule has 0 aromatic heterocycles. The van der Waals surface area contributed by atoms with Crippen molar-refractivity contribution in [3.63, 3.8) is 0 Å². The largest absolute Gasteiger partial charge is 0.380 e. The van der Waals surface area contributed by atoms with E-state index in [4.69, 9.17) is 4.74 Å². The molecule has 0 aromatic rings. The van der Waals surface area contributed by atoms with E-state index in [9.17, 15) is 0 Å². The van der Waals surface area contributed by atoms with E-state index in [-0.39, 0.29) is 0 Å². The first-order valence-electron chi connectivity index (χ1n) is 6.90. The van der Waals surface area contributed by atoms with Crippen LogP contribution >= 0.6 is 0 Å². The van der Waals surface area contributed by atoms with Gasteiger partial charge in [0, 0.05) is 12.6 Å². The molecule has 0 aromatic carbocycles. The molecule has 2 unspecified atom stereocenters. The summed E-state index contributed by atoms with van der Waals surface area (Å²) < 4.78 is 5.84. The molecule has 2 heteroatoms. The van der Waals surface area contributed by atoms with Crippen molar-refractivity contribution in [3.05, 3.63) is 0 Å². The van der Waals surface area contributed by atoms with Gasteiger partial charge in [-0.15, -0.1) is 0 Å². The Morgan fingerprint density at radius 2 is 1.81 bits per heavy atom. The zero-order valence-corrected chi connectivity index (χ0v) is 11.9.